The Morgan fingerprint density at radius 2 is 2.11 bits per heavy atom. The van der Waals surface area contributed by atoms with Crippen LogP contribution in [0.25, 0.3) is 0 Å². The van der Waals surface area contributed by atoms with Gasteiger partial charge < -0.3 is 10.1 Å². The number of rotatable bonds is 8. The molecule has 0 aliphatic carbocycles. The third-order valence-corrected chi connectivity index (χ3v) is 3.71. The van der Waals surface area contributed by atoms with E-state index < -0.39 is 0 Å². The van der Waals surface area contributed by atoms with Gasteiger partial charge in [-0.25, -0.2) is 0 Å². The Hall–Kier alpha value is -0.120. The monoisotopic (exact) mass is 256 g/mol. The predicted molar refractivity (Wildman–Crippen MR) is 78.1 cm³/mol. The molecule has 1 unspecified atom stereocenters. The number of hydrogen-bond acceptors (Lipinski definition) is 3. The topological polar surface area (TPSA) is 24.5 Å². The summed E-state index contributed by atoms with van der Waals surface area (Å²) in [4.78, 5) is 2.55. The molecule has 0 aromatic rings. The molecule has 0 bridgehead atoms. The Kier molecular flexibility index (Phi) is 7.20. The molecule has 0 amide bonds. The van der Waals surface area contributed by atoms with Gasteiger partial charge in [0.05, 0.1) is 12.2 Å². The Morgan fingerprint density at radius 1 is 1.33 bits per heavy atom. The lowest BCUT2D eigenvalue weighted by molar-refractivity contribution is -0.0861. The van der Waals surface area contributed by atoms with Crippen LogP contribution in [0.4, 0.5) is 0 Å². The summed E-state index contributed by atoms with van der Waals surface area (Å²) in [6.45, 7) is 14.3. The predicted octanol–water partition coefficient (Wildman–Crippen LogP) is 2.66. The zero-order valence-electron chi connectivity index (χ0n) is 12.8. The molecule has 0 radical (unpaired) electrons. The lowest BCUT2D eigenvalue weighted by atomic mass is 10.1. The Morgan fingerprint density at radius 3 is 2.72 bits per heavy atom. The van der Waals surface area contributed by atoms with E-state index in [9.17, 15) is 0 Å². The SMILES string of the molecule is CCCNC(CC)CCCN1CCOC(C)(C)C1. The van der Waals surface area contributed by atoms with Crippen LogP contribution < -0.4 is 5.32 Å². The minimum Gasteiger partial charge on any atom is -0.373 e. The number of morpholine rings is 1. The van der Waals surface area contributed by atoms with Gasteiger partial charge in [-0.3, -0.25) is 4.90 Å². The summed E-state index contributed by atoms with van der Waals surface area (Å²) in [5.74, 6) is 0. The molecule has 1 atom stereocenters. The molecule has 1 aliphatic heterocycles. The van der Waals surface area contributed by atoms with Gasteiger partial charge in [-0.05, 0) is 52.6 Å². The molecule has 1 fully saturated rings. The van der Waals surface area contributed by atoms with E-state index in [-0.39, 0.29) is 5.60 Å². The first-order valence-corrected chi connectivity index (χ1v) is 7.67. The van der Waals surface area contributed by atoms with Crippen molar-refractivity contribution in [1.82, 2.24) is 10.2 Å². The summed E-state index contributed by atoms with van der Waals surface area (Å²) in [5.41, 5.74) is 0.0445. The second kappa shape index (κ2) is 8.13. The lowest BCUT2D eigenvalue weighted by Gasteiger charge is -2.38. The number of hydrogen-bond donors (Lipinski definition) is 1. The minimum atomic E-state index is 0.0445. The highest BCUT2D eigenvalue weighted by atomic mass is 16.5. The molecule has 0 aromatic heterocycles. The van der Waals surface area contributed by atoms with E-state index in [1.54, 1.807) is 0 Å². The Labute approximate surface area is 113 Å². The van der Waals surface area contributed by atoms with Crippen LogP contribution in [-0.2, 0) is 4.74 Å². The fourth-order valence-corrected chi connectivity index (χ4v) is 2.67. The van der Waals surface area contributed by atoms with Crippen molar-refractivity contribution in [3.05, 3.63) is 0 Å². The maximum Gasteiger partial charge on any atom is 0.0753 e. The Balaban J connectivity index is 2.16. The zero-order chi connectivity index (χ0) is 13.4. The van der Waals surface area contributed by atoms with Gasteiger partial charge in [-0.1, -0.05) is 13.8 Å². The summed E-state index contributed by atoms with van der Waals surface area (Å²) >= 11 is 0. The summed E-state index contributed by atoms with van der Waals surface area (Å²) in [6, 6.07) is 0.707. The fraction of sp³-hybridized carbons (Fsp3) is 1.00. The van der Waals surface area contributed by atoms with Crippen LogP contribution >= 0.6 is 0 Å². The van der Waals surface area contributed by atoms with E-state index in [2.05, 4.69) is 37.9 Å². The third kappa shape index (κ3) is 6.17. The van der Waals surface area contributed by atoms with E-state index in [1.807, 2.05) is 0 Å². The van der Waals surface area contributed by atoms with Crippen molar-refractivity contribution >= 4 is 0 Å². The van der Waals surface area contributed by atoms with Gasteiger partial charge in [0, 0.05) is 19.1 Å². The summed E-state index contributed by atoms with van der Waals surface area (Å²) in [7, 11) is 0. The van der Waals surface area contributed by atoms with Crippen molar-refractivity contribution in [2.24, 2.45) is 0 Å². The maximum absolute atomic E-state index is 5.74. The molecule has 1 N–H and O–H groups in total. The highest BCUT2D eigenvalue weighted by molar-refractivity contribution is 4.79. The Bertz CT molecular complexity index is 219. The van der Waals surface area contributed by atoms with E-state index in [1.165, 1.54) is 32.2 Å². The summed E-state index contributed by atoms with van der Waals surface area (Å²) in [6.07, 6.45) is 5.07. The van der Waals surface area contributed by atoms with Crippen LogP contribution in [-0.4, -0.2) is 49.3 Å². The van der Waals surface area contributed by atoms with Crippen molar-refractivity contribution < 1.29 is 4.74 Å². The molecule has 0 aromatic carbocycles. The van der Waals surface area contributed by atoms with E-state index in [0.717, 1.165) is 26.2 Å². The van der Waals surface area contributed by atoms with Crippen molar-refractivity contribution in [3.8, 4) is 0 Å². The second-order valence-corrected chi connectivity index (χ2v) is 6.09. The highest BCUT2D eigenvalue weighted by Crippen LogP contribution is 2.17. The first-order valence-electron chi connectivity index (χ1n) is 7.67. The van der Waals surface area contributed by atoms with Crippen LogP contribution in [0.15, 0.2) is 0 Å². The normalized spacial score (nSPS) is 22.0. The first kappa shape index (κ1) is 15.9. The molecule has 1 saturated heterocycles. The second-order valence-electron chi connectivity index (χ2n) is 6.09. The van der Waals surface area contributed by atoms with Crippen molar-refractivity contribution in [3.63, 3.8) is 0 Å². The van der Waals surface area contributed by atoms with Gasteiger partial charge in [0.1, 0.15) is 0 Å². The largest absolute Gasteiger partial charge is 0.373 e. The maximum atomic E-state index is 5.74. The smallest absolute Gasteiger partial charge is 0.0753 e. The molecule has 1 rings (SSSR count). The van der Waals surface area contributed by atoms with Crippen LogP contribution in [0.5, 0.6) is 0 Å². The van der Waals surface area contributed by atoms with Gasteiger partial charge >= 0.3 is 0 Å². The standard InChI is InChI=1S/C15H32N2O/c1-5-9-16-14(6-2)8-7-10-17-11-12-18-15(3,4)13-17/h14,16H,5-13H2,1-4H3. The fourth-order valence-electron chi connectivity index (χ4n) is 2.67. The summed E-state index contributed by atoms with van der Waals surface area (Å²) in [5, 5.41) is 3.63. The molecule has 18 heavy (non-hydrogen) atoms. The average molecular weight is 256 g/mol. The van der Waals surface area contributed by atoms with Gasteiger partial charge in [-0.2, -0.15) is 0 Å². The molecular weight excluding hydrogens is 224 g/mol. The van der Waals surface area contributed by atoms with Gasteiger partial charge in [0.25, 0.3) is 0 Å². The minimum absolute atomic E-state index is 0.0445. The molecule has 1 heterocycles. The lowest BCUT2D eigenvalue weighted by Crippen LogP contribution is -2.48. The number of nitrogens with one attached hydrogen (secondary N) is 1. The molecule has 108 valence electrons. The molecule has 0 spiro atoms. The van der Waals surface area contributed by atoms with Gasteiger partial charge in [-0.15, -0.1) is 0 Å². The van der Waals surface area contributed by atoms with Crippen molar-refractivity contribution in [2.75, 3.05) is 32.8 Å². The average Bonchev–Trinajstić information content (AvgIpc) is 2.32. The summed E-state index contributed by atoms with van der Waals surface area (Å²) < 4.78 is 5.74. The van der Waals surface area contributed by atoms with E-state index >= 15 is 0 Å². The molecule has 3 heteroatoms. The van der Waals surface area contributed by atoms with E-state index in [0.29, 0.717) is 6.04 Å². The number of nitrogens with zero attached hydrogens (tertiary/aromatic N) is 1. The van der Waals surface area contributed by atoms with Crippen molar-refractivity contribution in [1.29, 1.82) is 0 Å². The first-order chi connectivity index (χ1) is 8.57. The molecule has 1 aliphatic rings. The van der Waals surface area contributed by atoms with Gasteiger partial charge in [0.15, 0.2) is 0 Å². The zero-order valence-corrected chi connectivity index (χ0v) is 12.8. The highest BCUT2D eigenvalue weighted by Gasteiger charge is 2.26. The van der Waals surface area contributed by atoms with Crippen LogP contribution in [0.2, 0.25) is 0 Å². The molecular formula is C15H32N2O. The van der Waals surface area contributed by atoms with Crippen LogP contribution in [0, 0.1) is 0 Å². The van der Waals surface area contributed by atoms with Crippen molar-refractivity contribution in [2.45, 2.75) is 65.0 Å². The third-order valence-electron chi connectivity index (χ3n) is 3.71. The van der Waals surface area contributed by atoms with Gasteiger partial charge in [0.2, 0.25) is 0 Å². The van der Waals surface area contributed by atoms with Crippen LogP contribution in [0.3, 0.4) is 0 Å². The number of ether oxygens (including phenoxy) is 1. The van der Waals surface area contributed by atoms with E-state index in [4.69, 9.17) is 4.74 Å². The van der Waals surface area contributed by atoms with Crippen LogP contribution in [0.1, 0.15) is 53.4 Å². The quantitative estimate of drug-likeness (QED) is 0.722. The molecule has 0 saturated carbocycles. The molecule has 3 nitrogen and oxygen atoms in total.